The number of aromatic nitrogens is 2. The van der Waals surface area contributed by atoms with Crippen molar-refractivity contribution < 1.29 is 56.4 Å². The number of carbonyl (C=O) groups is 1. The predicted molar refractivity (Wildman–Crippen MR) is 149 cm³/mol. The molecule has 0 aromatic carbocycles. The minimum absolute atomic E-state index is 0.0325. The monoisotopic (exact) mass is 655 g/mol. The van der Waals surface area contributed by atoms with Crippen LogP contribution in [0.4, 0.5) is 4.79 Å². The zero-order valence-corrected chi connectivity index (χ0v) is 25.5. The van der Waals surface area contributed by atoms with Crippen molar-refractivity contribution in [1.82, 2.24) is 14.9 Å². The second kappa shape index (κ2) is 16.8. The molecule has 6 atom stereocenters. The van der Waals surface area contributed by atoms with Crippen LogP contribution in [0.15, 0.2) is 27.9 Å². The summed E-state index contributed by atoms with van der Waals surface area (Å²) < 4.78 is 55.4. The number of allylic oxidation sites excluding steroid dienone is 2. The number of aliphatic hydroxyl groups excluding tert-OH is 1. The highest BCUT2D eigenvalue weighted by molar-refractivity contribution is 7.47. The van der Waals surface area contributed by atoms with Gasteiger partial charge < -0.3 is 29.7 Å². The molecule has 244 valence electrons. The Bertz CT molecular complexity index is 1300. The smallest absolute Gasteiger partial charge is 0.446 e. The Labute approximate surface area is 247 Å². The summed E-state index contributed by atoms with van der Waals surface area (Å²) in [4.78, 5) is 57.3. The summed E-state index contributed by atoms with van der Waals surface area (Å²) in [6, 6.07) is 0. The quantitative estimate of drug-likeness (QED) is 0.103. The van der Waals surface area contributed by atoms with Crippen molar-refractivity contribution >= 4 is 21.7 Å². The SMILES string of the molecule is Cc1cn([C@H]2CC(O)[C@@H](COP(=O)(O)OCCCOP(=O)(O)OCCNC(=O)OC3CC/C=C/CCC3)O2)c(=O)[nH]c1=O. The number of phosphoric ester groups is 2. The molecule has 2 aliphatic rings. The number of amides is 1. The van der Waals surface area contributed by atoms with Crippen molar-refractivity contribution in [2.24, 2.45) is 0 Å². The third-order valence-corrected chi connectivity index (χ3v) is 8.48. The van der Waals surface area contributed by atoms with Crippen LogP contribution in [0.5, 0.6) is 0 Å². The molecule has 3 rings (SSSR count). The van der Waals surface area contributed by atoms with Gasteiger partial charge in [-0.15, -0.1) is 0 Å². The minimum Gasteiger partial charge on any atom is -0.446 e. The molecule has 1 aromatic heterocycles. The molecule has 1 amide bonds. The number of nitrogens with zero attached hydrogens (tertiary/aromatic N) is 1. The van der Waals surface area contributed by atoms with Gasteiger partial charge in [0.05, 0.1) is 32.5 Å². The predicted octanol–water partition coefficient (Wildman–Crippen LogP) is 1.77. The standard InChI is InChI=1S/C24H39N3O14P2/c1-17-15-27(23(30)26-22(17)29)21-14-19(28)20(41-21)16-39-43(34,35)37-12-7-11-36-42(32,33)38-13-10-25-24(31)40-18-8-5-3-2-4-6-9-18/h2-3,15,18-21,28H,4-14,16H2,1H3,(H,25,31)(H,32,33)(H,34,35)(H,26,29,30)/b3-2+/t18?,19?,20-,21-/m1/s1. The van der Waals surface area contributed by atoms with Crippen LogP contribution in [0.3, 0.4) is 0 Å². The third kappa shape index (κ3) is 12.4. The lowest BCUT2D eigenvalue weighted by Crippen LogP contribution is -2.33. The summed E-state index contributed by atoms with van der Waals surface area (Å²) >= 11 is 0. The Kier molecular flexibility index (Phi) is 13.8. The van der Waals surface area contributed by atoms with Crippen LogP contribution in [-0.4, -0.2) is 81.8 Å². The maximum Gasteiger partial charge on any atom is 0.472 e. The molecule has 5 N–H and O–H groups in total. The number of aromatic amines is 1. The second-order valence-corrected chi connectivity index (χ2v) is 12.8. The highest BCUT2D eigenvalue weighted by Crippen LogP contribution is 2.45. The number of carbonyl (C=O) groups excluding carboxylic acids is 1. The van der Waals surface area contributed by atoms with Crippen molar-refractivity contribution in [3.05, 3.63) is 44.8 Å². The van der Waals surface area contributed by atoms with Gasteiger partial charge in [-0.1, -0.05) is 12.2 Å². The fourth-order valence-electron chi connectivity index (χ4n) is 4.25. The number of alkyl carbamates (subject to hydrolysis) is 1. The second-order valence-electron chi connectivity index (χ2n) is 9.93. The molecule has 43 heavy (non-hydrogen) atoms. The van der Waals surface area contributed by atoms with Crippen LogP contribution >= 0.6 is 15.6 Å². The first-order chi connectivity index (χ1) is 20.3. The number of aryl methyl sites for hydroxylation is 1. The molecular formula is C24H39N3O14P2. The summed E-state index contributed by atoms with van der Waals surface area (Å²) in [5, 5.41) is 12.7. The van der Waals surface area contributed by atoms with E-state index in [0.717, 1.165) is 36.7 Å². The molecule has 1 saturated heterocycles. The fraction of sp³-hybridized carbons (Fsp3) is 0.708. The lowest BCUT2D eigenvalue weighted by Gasteiger charge is -2.19. The van der Waals surface area contributed by atoms with Crippen molar-refractivity contribution in [2.45, 2.75) is 76.4 Å². The van der Waals surface area contributed by atoms with Gasteiger partial charge in [0.1, 0.15) is 18.4 Å². The Morgan fingerprint density at radius 2 is 1.74 bits per heavy atom. The van der Waals surface area contributed by atoms with Crippen LogP contribution in [0, 0.1) is 6.92 Å². The highest BCUT2D eigenvalue weighted by Gasteiger charge is 2.37. The minimum atomic E-state index is -4.60. The molecular weight excluding hydrogens is 616 g/mol. The average Bonchev–Trinajstić information content (AvgIpc) is 3.29. The highest BCUT2D eigenvalue weighted by atomic mass is 31.2. The number of H-pyrrole nitrogens is 1. The van der Waals surface area contributed by atoms with E-state index in [0.29, 0.717) is 0 Å². The van der Waals surface area contributed by atoms with Crippen molar-refractivity contribution in [3.8, 4) is 0 Å². The molecule has 0 radical (unpaired) electrons. The fourth-order valence-corrected chi connectivity index (χ4v) is 5.77. The van der Waals surface area contributed by atoms with Crippen LogP contribution < -0.4 is 16.6 Å². The molecule has 2 heterocycles. The Morgan fingerprint density at radius 1 is 1.07 bits per heavy atom. The molecule has 1 aliphatic heterocycles. The molecule has 0 bridgehead atoms. The number of hydrogen-bond donors (Lipinski definition) is 5. The van der Waals surface area contributed by atoms with Gasteiger partial charge in [0.2, 0.25) is 0 Å². The largest absolute Gasteiger partial charge is 0.472 e. The number of hydrogen-bond acceptors (Lipinski definition) is 12. The summed E-state index contributed by atoms with van der Waals surface area (Å²) in [5.74, 6) is 0. The van der Waals surface area contributed by atoms with Crippen molar-refractivity contribution in [1.29, 1.82) is 0 Å². The van der Waals surface area contributed by atoms with E-state index < -0.39 is 58.0 Å². The lowest BCUT2D eigenvalue weighted by molar-refractivity contribution is -0.0466. The summed E-state index contributed by atoms with van der Waals surface area (Å²) in [5.41, 5.74) is -1.03. The topological polar surface area (TPSA) is 234 Å². The summed E-state index contributed by atoms with van der Waals surface area (Å²) in [7, 11) is -9.06. The van der Waals surface area contributed by atoms with Gasteiger partial charge in [-0.25, -0.2) is 18.7 Å². The third-order valence-electron chi connectivity index (χ3n) is 6.48. The lowest BCUT2D eigenvalue weighted by atomic mass is 10.0. The Balaban J connectivity index is 1.27. The summed E-state index contributed by atoms with van der Waals surface area (Å²) in [6.45, 7) is -0.208. The van der Waals surface area contributed by atoms with Crippen LogP contribution in [0.25, 0.3) is 0 Å². The van der Waals surface area contributed by atoms with E-state index in [1.807, 2.05) is 0 Å². The van der Waals surface area contributed by atoms with E-state index in [4.69, 9.17) is 27.6 Å². The van der Waals surface area contributed by atoms with E-state index in [2.05, 4.69) is 22.5 Å². The van der Waals surface area contributed by atoms with Crippen molar-refractivity contribution in [3.63, 3.8) is 0 Å². The summed E-state index contributed by atoms with van der Waals surface area (Å²) in [6.07, 6.45) is 5.52. The number of aliphatic hydroxyl groups is 1. The van der Waals surface area contributed by atoms with E-state index in [9.17, 15) is 38.4 Å². The van der Waals surface area contributed by atoms with Crippen molar-refractivity contribution in [2.75, 3.05) is 33.0 Å². The first kappa shape index (κ1) is 35.3. The normalized spacial score (nSPS) is 26.0. The van der Waals surface area contributed by atoms with Crippen LogP contribution in [0.1, 0.15) is 56.7 Å². The molecule has 17 nitrogen and oxygen atoms in total. The molecule has 0 spiro atoms. The molecule has 19 heteroatoms. The number of nitrogens with one attached hydrogen (secondary N) is 2. The van der Waals surface area contributed by atoms with E-state index in [-0.39, 0.29) is 50.9 Å². The number of rotatable bonds is 15. The maximum atomic E-state index is 12.2. The number of ether oxygens (including phenoxy) is 2. The average molecular weight is 656 g/mol. The number of phosphoric acid groups is 2. The first-order valence-corrected chi connectivity index (χ1v) is 16.8. The van der Waals surface area contributed by atoms with Gasteiger partial charge in [0.15, 0.2) is 0 Å². The van der Waals surface area contributed by atoms with Gasteiger partial charge in [0.25, 0.3) is 5.56 Å². The van der Waals surface area contributed by atoms with Gasteiger partial charge in [-0.3, -0.25) is 32.4 Å². The molecule has 0 saturated carbocycles. The van der Waals surface area contributed by atoms with E-state index >= 15 is 0 Å². The molecule has 4 unspecified atom stereocenters. The van der Waals surface area contributed by atoms with Gasteiger partial charge in [-0.2, -0.15) is 0 Å². The van der Waals surface area contributed by atoms with E-state index in [1.54, 1.807) is 0 Å². The first-order valence-electron chi connectivity index (χ1n) is 13.8. The van der Waals surface area contributed by atoms with Gasteiger partial charge in [-0.05, 0) is 45.4 Å². The van der Waals surface area contributed by atoms with Gasteiger partial charge in [0, 0.05) is 24.7 Å². The molecule has 1 fully saturated rings. The van der Waals surface area contributed by atoms with Crippen LogP contribution in [-0.2, 0) is 36.7 Å². The zero-order valence-electron chi connectivity index (χ0n) is 23.7. The Morgan fingerprint density at radius 3 is 2.49 bits per heavy atom. The van der Waals surface area contributed by atoms with E-state index in [1.165, 1.54) is 13.1 Å². The zero-order chi connectivity index (χ0) is 31.5. The van der Waals surface area contributed by atoms with Crippen LogP contribution in [0.2, 0.25) is 0 Å². The molecule has 1 aliphatic carbocycles. The Hall–Kier alpha value is -2.17. The maximum absolute atomic E-state index is 12.2. The molecule has 1 aromatic rings. The van der Waals surface area contributed by atoms with Gasteiger partial charge >= 0.3 is 27.4 Å².